The van der Waals surface area contributed by atoms with E-state index in [1.165, 1.54) is 0 Å². The molecule has 2 aromatic rings. The van der Waals surface area contributed by atoms with Crippen LogP contribution in [0.2, 0.25) is 0 Å². The number of benzene rings is 2. The van der Waals surface area contributed by atoms with Crippen LogP contribution < -0.4 is 4.74 Å². The lowest BCUT2D eigenvalue weighted by Gasteiger charge is -2.04. The number of halogens is 1. The van der Waals surface area contributed by atoms with Crippen molar-refractivity contribution in [3.8, 4) is 16.9 Å². The van der Waals surface area contributed by atoms with Gasteiger partial charge in [-0.25, -0.2) is 4.79 Å². The lowest BCUT2D eigenvalue weighted by Crippen LogP contribution is -1.95. The van der Waals surface area contributed by atoms with Crippen LogP contribution in [0.15, 0.2) is 54.6 Å². The number of carbonyl (C=O) groups excluding carboxylic acids is 1. The van der Waals surface area contributed by atoms with E-state index >= 15 is 0 Å². The molecule has 0 aromatic heterocycles. The van der Waals surface area contributed by atoms with Gasteiger partial charge in [0.2, 0.25) is 0 Å². The first-order valence-electron chi connectivity index (χ1n) is 4.78. The van der Waals surface area contributed by atoms with Crippen LogP contribution in [0, 0.1) is 0 Å². The monoisotopic (exact) mass is 232 g/mol. The van der Waals surface area contributed by atoms with Crippen LogP contribution in [0.3, 0.4) is 0 Å². The molecule has 16 heavy (non-hydrogen) atoms. The van der Waals surface area contributed by atoms with Gasteiger partial charge in [0.25, 0.3) is 0 Å². The molecule has 0 bridgehead atoms. The van der Waals surface area contributed by atoms with Crippen molar-refractivity contribution in [2.75, 3.05) is 0 Å². The third-order valence-corrected chi connectivity index (χ3v) is 2.22. The van der Waals surface area contributed by atoms with E-state index in [-0.39, 0.29) is 0 Å². The molecule has 0 heterocycles. The van der Waals surface area contributed by atoms with Crippen molar-refractivity contribution in [1.82, 2.24) is 0 Å². The van der Waals surface area contributed by atoms with Gasteiger partial charge in [0.05, 0.1) is 0 Å². The summed E-state index contributed by atoms with van der Waals surface area (Å²) in [4.78, 5) is 10.6. The Hall–Kier alpha value is -1.80. The molecule has 0 atom stereocenters. The molecular formula is C13H9ClO2. The van der Waals surface area contributed by atoms with Gasteiger partial charge in [-0.2, -0.15) is 0 Å². The molecule has 0 aliphatic rings. The summed E-state index contributed by atoms with van der Waals surface area (Å²) >= 11 is 5.15. The first kappa shape index (κ1) is 10.7. The van der Waals surface area contributed by atoms with Gasteiger partial charge in [-0.1, -0.05) is 42.5 Å². The molecular weight excluding hydrogens is 224 g/mol. The molecule has 0 spiro atoms. The highest BCUT2D eigenvalue weighted by Crippen LogP contribution is 2.23. The van der Waals surface area contributed by atoms with E-state index in [9.17, 15) is 4.79 Å². The fraction of sp³-hybridized carbons (Fsp3) is 0. The molecule has 0 radical (unpaired) electrons. The topological polar surface area (TPSA) is 26.3 Å². The van der Waals surface area contributed by atoms with Crippen molar-refractivity contribution in [2.24, 2.45) is 0 Å². The minimum atomic E-state index is -0.829. The first-order chi connectivity index (χ1) is 7.75. The summed E-state index contributed by atoms with van der Waals surface area (Å²) in [5.41, 5.74) is 1.22. The van der Waals surface area contributed by atoms with E-state index in [1.54, 1.807) is 12.1 Å². The van der Waals surface area contributed by atoms with E-state index in [2.05, 4.69) is 0 Å². The van der Waals surface area contributed by atoms with Gasteiger partial charge in [0.15, 0.2) is 0 Å². The van der Waals surface area contributed by atoms with Gasteiger partial charge in [-0.15, -0.1) is 0 Å². The van der Waals surface area contributed by atoms with Gasteiger partial charge in [0.1, 0.15) is 5.75 Å². The van der Waals surface area contributed by atoms with Crippen LogP contribution in [0.4, 0.5) is 4.79 Å². The molecule has 0 amide bonds. The highest BCUT2D eigenvalue weighted by Gasteiger charge is 2.02. The zero-order valence-corrected chi connectivity index (χ0v) is 9.15. The lowest BCUT2D eigenvalue weighted by atomic mass is 10.1. The Balaban J connectivity index is 2.33. The third kappa shape index (κ3) is 2.61. The Kier molecular flexibility index (Phi) is 3.22. The quantitative estimate of drug-likeness (QED) is 0.729. The third-order valence-electron chi connectivity index (χ3n) is 2.14. The van der Waals surface area contributed by atoms with Crippen LogP contribution in [0.5, 0.6) is 5.75 Å². The van der Waals surface area contributed by atoms with E-state index in [0.29, 0.717) is 5.75 Å². The van der Waals surface area contributed by atoms with Gasteiger partial charge in [0, 0.05) is 11.6 Å². The molecule has 3 heteroatoms. The number of ether oxygens (including phenoxy) is 1. The van der Waals surface area contributed by atoms with Crippen molar-refractivity contribution in [1.29, 1.82) is 0 Å². The Morgan fingerprint density at radius 3 is 2.31 bits per heavy atom. The maximum atomic E-state index is 10.6. The zero-order chi connectivity index (χ0) is 11.4. The maximum absolute atomic E-state index is 10.6. The van der Waals surface area contributed by atoms with Crippen LogP contribution in [-0.2, 0) is 0 Å². The average Bonchev–Trinajstić information content (AvgIpc) is 2.30. The molecule has 2 rings (SSSR count). The Morgan fingerprint density at radius 2 is 1.62 bits per heavy atom. The highest BCUT2D eigenvalue weighted by molar-refractivity contribution is 6.61. The first-order valence-corrected chi connectivity index (χ1v) is 5.16. The van der Waals surface area contributed by atoms with Gasteiger partial charge in [-0.3, -0.25) is 0 Å². The van der Waals surface area contributed by atoms with Gasteiger partial charge < -0.3 is 4.74 Å². The van der Waals surface area contributed by atoms with Crippen LogP contribution in [0.1, 0.15) is 0 Å². The average molecular weight is 233 g/mol. The molecule has 0 aliphatic heterocycles. The van der Waals surface area contributed by atoms with Crippen molar-refractivity contribution in [3.63, 3.8) is 0 Å². The zero-order valence-electron chi connectivity index (χ0n) is 8.39. The van der Waals surface area contributed by atoms with E-state index in [4.69, 9.17) is 16.3 Å². The molecule has 0 N–H and O–H groups in total. The van der Waals surface area contributed by atoms with Crippen molar-refractivity contribution in [2.45, 2.75) is 0 Å². The fourth-order valence-corrected chi connectivity index (χ4v) is 1.55. The van der Waals surface area contributed by atoms with Crippen LogP contribution >= 0.6 is 11.6 Å². The Labute approximate surface area is 98.4 Å². The Bertz CT molecular complexity index is 494. The fourth-order valence-electron chi connectivity index (χ4n) is 1.46. The van der Waals surface area contributed by atoms with E-state index < -0.39 is 5.43 Å². The van der Waals surface area contributed by atoms with E-state index in [1.807, 2.05) is 42.5 Å². The van der Waals surface area contributed by atoms with Gasteiger partial charge in [-0.05, 0) is 23.3 Å². The summed E-state index contributed by atoms with van der Waals surface area (Å²) in [6.45, 7) is 0. The highest BCUT2D eigenvalue weighted by atomic mass is 35.5. The molecule has 0 saturated heterocycles. The second kappa shape index (κ2) is 4.81. The Morgan fingerprint density at radius 1 is 0.938 bits per heavy atom. The van der Waals surface area contributed by atoms with Crippen molar-refractivity contribution in [3.05, 3.63) is 54.6 Å². The summed E-state index contributed by atoms with van der Waals surface area (Å²) in [5.74, 6) is 0.446. The number of hydrogen-bond donors (Lipinski definition) is 0. The molecule has 80 valence electrons. The smallest absolute Gasteiger partial charge is 0.409 e. The summed E-state index contributed by atoms with van der Waals surface area (Å²) in [6, 6.07) is 17.1. The number of rotatable bonds is 2. The largest absolute Gasteiger partial charge is 0.414 e. The predicted octanol–water partition coefficient (Wildman–Crippen LogP) is 4.09. The molecule has 2 nitrogen and oxygen atoms in total. The number of carbonyl (C=O) groups is 1. The molecule has 0 unspecified atom stereocenters. The second-order valence-electron chi connectivity index (χ2n) is 3.23. The second-order valence-corrected chi connectivity index (χ2v) is 3.54. The normalized spacial score (nSPS) is 9.81. The molecule has 0 saturated carbocycles. The van der Waals surface area contributed by atoms with Crippen molar-refractivity contribution >= 4 is 17.0 Å². The standard InChI is InChI=1S/C13H9ClO2/c14-13(15)16-12-8-4-7-11(9-12)10-5-2-1-3-6-10/h1-9H. The van der Waals surface area contributed by atoms with E-state index in [0.717, 1.165) is 11.1 Å². The van der Waals surface area contributed by atoms with Crippen molar-refractivity contribution < 1.29 is 9.53 Å². The van der Waals surface area contributed by atoms with Crippen LogP contribution in [0.25, 0.3) is 11.1 Å². The molecule has 2 aromatic carbocycles. The maximum Gasteiger partial charge on any atom is 0.409 e. The summed E-state index contributed by atoms with van der Waals surface area (Å²) in [7, 11) is 0. The minimum absolute atomic E-state index is 0.446. The summed E-state index contributed by atoms with van der Waals surface area (Å²) in [5, 5.41) is 0. The molecule has 0 aliphatic carbocycles. The minimum Gasteiger partial charge on any atom is -0.414 e. The lowest BCUT2D eigenvalue weighted by molar-refractivity contribution is 0.225. The predicted molar refractivity (Wildman–Crippen MR) is 63.8 cm³/mol. The van der Waals surface area contributed by atoms with Crippen LogP contribution in [-0.4, -0.2) is 5.43 Å². The summed E-state index contributed by atoms with van der Waals surface area (Å²) < 4.78 is 4.80. The molecule has 0 fully saturated rings. The van der Waals surface area contributed by atoms with Gasteiger partial charge >= 0.3 is 5.43 Å². The number of hydrogen-bond acceptors (Lipinski definition) is 2. The SMILES string of the molecule is O=C(Cl)Oc1cccc(-c2ccccc2)c1. The summed E-state index contributed by atoms with van der Waals surface area (Å²) in [6.07, 6.45) is 0.